The molecule has 2 aliphatic rings. The third-order valence-electron chi connectivity index (χ3n) is 9.09. The highest BCUT2D eigenvalue weighted by Crippen LogP contribution is 2.34. The van der Waals surface area contributed by atoms with Crippen molar-refractivity contribution in [3.63, 3.8) is 0 Å². The molecule has 5 N–H and O–H groups in total. The first-order chi connectivity index (χ1) is 24.0. The number of fused-ring (bicyclic) bond motifs is 1. The number of carbonyl (C=O) groups is 5. The maximum absolute atomic E-state index is 13.4. The van der Waals surface area contributed by atoms with Crippen LogP contribution in [0.15, 0.2) is 42.9 Å². The monoisotopic (exact) mass is 703 g/mol. The van der Waals surface area contributed by atoms with Crippen molar-refractivity contribution in [1.82, 2.24) is 39.8 Å². The molecule has 2 saturated heterocycles. The van der Waals surface area contributed by atoms with Crippen LogP contribution in [0.5, 0.6) is 0 Å². The molecule has 50 heavy (non-hydrogen) atoms. The van der Waals surface area contributed by atoms with Crippen molar-refractivity contribution in [3.05, 3.63) is 48.7 Å². The summed E-state index contributed by atoms with van der Waals surface area (Å²) in [7, 11) is 0. The number of aliphatic hydroxyl groups excluding tert-OH is 1. The summed E-state index contributed by atoms with van der Waals surface area (Å²) in [6, 6.07) is 6.44. The van der Waals surface area contributed by atoms with Crippen LogP contribution in [-0.2, 0) is 24.0 Å². The van der Waals surface area contributed by atoms with E-state index in [1.165, 1.54) is 23.2 Å². The summed E-state index contributed by atoms with van der Waals surface area (Å²) in [5.41, 5.74) is 2.74. The Morgan fingerprint density at radius 1 is 1.02 bits per heavy atom. The number of hydrogen-bond donors (Lipinski definition) is 5. The van der Waals surface area contributed by atoms with Crippen molar-refractivity contribution < 1.29 is 29.1 Å². The normalized spacial score (nSPS) is 18.1. The van der Waals surface area contributed by atoms with Gasteiger partial charge in [-0.25, -0.2) is 9.97 Å². The van der Waals surface area contributed by atoms with Crippen molar-refractivity contribution in [2.24, 2.45) is 5.92 Å². The van der Waals surface area contributed by atoms with Crippen LogP contribution in [0.2, 0.25) is 0 Å². The topological polar surface area (TPSA) is 194 Å². The van der Waals surface area contributed by atoms with E-state index in [0.29, 0.717) is 42.5 Å². The van der Waals surface area contributed by atoms with Gasteiger partial charge in [-0.3, -0.25) is 28.4 Å². The summed E-state index contributed by atoms with van der Waals surface area (Å²) < 4.78 is 1.85. The second-order valence-corrected chi connectivity index (χ2v) is 14.0. The highest BCUT2D eigenvalue weighted by atomic mass is 32.1. The third-order valence-corrected chi connectivity index (χ3v) is 10.1. The molecule has 0 radical (unpaired) electrons. The van der Waals surface area contributed by atoms with Gasteiger partial charge in [0.2, 0.25) is 29.5 Å². The Labute approximate surface area is 292 Å². The first-order valence-electron chi connectivity index (χ1n) is 16.7. The summed E-state index contributed by atoms with van der Waals surface area (Å²) in [6.45, 7) is 5.29. The summed E-state index contributed by atoms with van der Waals surface area (Å²) in [4.78, 5) is 79.6. The van der Waals surface area contributed by atoms with Gasteiger partial charge in [0.15, 0.2) is 10.8 Å². The predicted octanol–water partition coefficient (Wildman–Crippen LogP) is 2.32. The molecule has 0 spiro atoms. The van der Waals surface area contributed by atoms with E-state index in [4.69, 9.17) is 0 Å². The maximum atomic E-state index is 13.4. The zero-order valence-electron chi connectivity index (χ0n) is 28.1. The molecule has 4 aromatic rings. The minimum absolute atomic E-state index is 0.136. The number of aromatic amines is 1. The summed E-state index contributed by atoms with van der Waals surface area (Å²) >= 11 is 1.48. The number of thiazole rings is 1. The van der Waals surface area contributed by atoms with Gasteiger partial charge in [-0.05, 0) is 42.7 Å². The first-order valence-corrected chi connectivity index (χ1v) is 17.5. The highest BCUT2D eigenvalue weighted by Gasteiger charge is 2.37. The van der Waals surface area contributed by atoms with E-state index < -0.39 is 24.6 Å². The number of rotatable bonds is 11. The molecular weight excluding hydrogens is 662 g/mol. The van der Waals surface area contributed by atoms with Crippen LogP contribution in [0.4, 0.5) is 5.82 Å². The first kappa shape index (κ1) is 34.8. The lowest BCUT2D eigenvalue weighted by atomic mass is 10.0. The molecule has 0 bridgehead atoms. The molecule has 0 aliphatic carbocycles. The molecule has 0 saturated carbocycles. The van der Waals surface area contributed by atoms with Crippen LogP contribution in [0.1, 0.15) is 58.3 Å². The minimum Gasteiger partial charge on any atom is -0.387 e. The van der Waals surface area contributed by atoms with E-state index in [2.05, 4.69) is 30.9 Å². The van der Waals surface area contributed by atoms with Crippen molar-refractivity contribution >= 4 is 51.7 Å². The second kappa shape index (κ2) is 14.8. The van der Waals surface area contributed by atoms with Crippen molar-refractivity contribution in [2.45, 2.75) is 64.6 Å². The number of benzene rings is 1. The number of carbonyl (C=O) groups excluding carboxylic acids is 5. The lowest BCUT2D eigenvalue weighted by molar-refractivity contribution is -0.139. The van der Waals surface area contributed by atoms with Crippen molar-refractivity contribution in [2.75, 3.05) is 31.6 Å². The van der Waals surface area contributed by atoms with Crippen LogP contribution in [0.3, 0.4) is 0 Å². The van der Waals surface area contributed by atoms with Crippen LogP contribution >= 0.6 is 11.3 Å². The average Bonchev–Trinajstić information content (AvgIpc) is 3.93. The molecule has 0 unspecified atom stereocenters. The van der Waals surface area contributed by atoms with E-state index in [0.717, 1.165) is 34.5 Å². The van der Waals surface area contributed by atoms with Gasteiger partial charge in [0.1, 0.15) is 24.5 Å². The van der Waals surface area contributed by atoms with Gasteiger partial charge in [0.25, 0.3) is 0 Å². The molecule has 16 heteroatoms. The standard InChI is InChI=1S/C34H41N9O6S/c1-19(2)30(40-28(46)18-44)33(49)43-13-4-6-24(43)31-36-14-23(37-31)21-8-10-22(11-9-21)26-16-41-17-27(39-34(41)50-26)38-32(48)25-7-5-12-42(25)29(47)15-35-20(3)45/h8-11,14,16-17,19,24-25,30,44H,4-7,12-13,15,18H2,1-3H3,(H,35,45)(H,36,37)(H,38,48)(H,40,46)/t24-,25-,30-/m0/s1. The number of hydrogen-bond acceptors (Lipinski definition) is 9. The van der Waals surface area contributed by atoms with Crippen molar-refractivity contribution in [1.29, 1.82) is 0 Å². The van der Waals surface area contributed by atoms with E-state index in [1.54, 1.807) is 17.3 Å². The SMILES string of the molecule is CC(=O)NCC(=O)N1CCC[C@H]1C(=O)Nc1cn2cc(-c3ccc(-c4cnc([C@@H]5CCCN5C(=O)[C@@H](NC(=O)CO)C(C)C)[nH]4)cc3)sc2n1. The largest absolute Gasteiger partial charge is 0.387 e. The number of nitrogens with one attached hydrogen (secondary N) is 4. The number of H-pyrrole nitrogens is 1. The summed E-state index contributed by atoms with van der Waals surface area (Å²) in [5.74, 6) is -0.714. The molecule has 2 fully saturated rings. The van der Waals surface area contributed by atoms with Gasteiger partial charge in [-0.15, -0.1) is 0 Å². The minimum atomic E-state index is -0.731. The fraction of sp³-hybridized carbons (Fsp3) is 0.441. The summed E-state index contributed by atoms with van der Waals surface area (Å²) in [5, 5.41) is 17.2. The number of imidazole rings is 2. The summed E-state index contributed by atoms with van der Waals surface area (Å²) in [6.07, 6.45) is 8.28. The van der Waals surface area contributed by atoms with Gasteiger partial charge in [-0.1, -0.05) is 49.4 Å². The van der Waals surface area contributed by atoms with Gasteiger partial charge >= 0.3 is 0 Å². The van der Waals surface area contributed by atoms with E-state index >= 15 is 0 Å². The highest BCUT2D eigenvalue weighted by molar-refractivity contribution is 7.20. The van der Waals surface area contributed by atoms with Crippen LogP contribution < -0.4 is 16.0 Å². The molecule has 2 aliphatic heterocycles. The maximum Gasteiger partial charge on any atom is 0.248 e. The second-order valence-electron chi connectivity index (χ2n) is 13.0. The Morgan fingerprint density at radius 2 is 1.74 bits per heavy atom. The Bertz CT molecular complexity index is 1870. The van der Waals surface area contributed by atoms with Crippen LogP contribution in [0, 0.1) is 5.92 Å². The number of nitrogens with zero attached hydrogens (tertiary/aromatic N) is 5. The fourth-order valence-electron chi connectivity index (χ4n) is 6.53. The quantitative estimate of drug-likeness (QED) is 0.157. The van der Waals surface area contributed by atoms with Crippen molar-refractivity contribution in [3.8, 4) is 21.7 Å². The van der Waals surface area contributed by atoms with Gasteiger partial charge in [0, 0.05) is 26.2 Å². The molecule has 3 aromatic heterocycles. The zero-order valence-corrected chi connectivity index (χ0v) is 29.0. The molecule has 3 atom stereocenters. The predicted molar refractivity (Wildman–Crippen MR) is 186 cm³/mol. The molecule has 5 heterocycles. The third kappa shape index (κ3) is 7.40. The van der Waals surface area contributed by atoms with Gasteiger partial charge in [-0.2, -0.15) is 0 Å². The molecule has 264 valence electrons. The molecule has 1 aromatic carbocycles. The number of aliphatic hydroxyl groups is 1. The number of anilines is 1. The van der Waals surface area contributed by atoms with Gasteiger partial charge < -0.3 is 35.8 Å². The Kier molecular flexibility index (Phi) is 10.3. The number of amides is 5. The van der Waals surface area contributed by atoms with Crippen LogP contribution in [-0.4, -0.2) is 102 Å². The van der Waals surface area contributed by atoms with Gasteiger partial charge in [0.05, 0.1) is 35.6 Å². The fourth-order valence-corrected chi connectivity index (χ4v) is 7.50. The number of aromatic nitrogens is 4. The smallest absolute Gasteiger partial charge is 0.248 e. The molecule has 5 amide bonds. The number of likely N-dealkylation sites (tertiary alicyclic amines) is 2. The average molecular weight is 704 g/mol. The lowest BCUT2D eigenvalue weighted by Gasteiger charge is -2.30. The van der Waals surface area contributed by atoms with E-state index in [1.807, 2.05) is 48.7 Å². The Balaban J connectivity index is 1.09. The molecule has 6 rings (SSSR count). The Hall–Kier alpha value is -5.09. The van der Waals surface area contributed by atoms with E-state index in [9.17, 15) is 29.1 Å². The Morgan fingerprint density at radius 3 is 2.44 bits per heavy atom. The lowest BCUT2D eigenvalue weighted by Crippen LogP contribution is -2.51. The van der Waals surface area contributed by atoms with E-state index in [-0.39, 0.29) is 42.1 Å². The van der Waals surface area contributed by atoms with Crippen LogP contribution in [0.25, 0.3) is 26.7 Å². The molecular formula is C34H41N9O6S. The molecule has 15 nitrogen and oxygen atoms in total. The zero-order chi connectivity index (χ0) is 35.5.